The molecule has 2 aromatic rings. The van der Waals surface area contributed by atoms with Crippen LogP contribution in [0.3, 0.4) is 0 Å². The molecule has 0 radical (unpaired) electrons. The van der Waals surface area contributed by atoms with Gasteiger partial charge in [0.2, 0.25) is 10.0 Å². The summed E-state index contributed by atoms with van der Waals surface area (Å²) in [6, 6.07) is 7.62. The molecule has 5 nitrogen and oxygen atoms in total. The standard InChI is InChI=1S/C18H17Cl2FN2O3S/c19-14-7-5-11(18(24)22-13-6-8-16(21)15(20)10-13)9-17(14)27(25,26)23-12-3-1-2-4-12/h5-10,12,23H,1-4H2,(H,22,24). The number of anilines is 1. The normalized spacial score (nSPS) is 15.1. The molecule has 0 aliphatic heterocycles. The number of sulfonamides is 1. The minimum absolute atomic E-state index is 0.0295. The van der Waals surface area contributed by atoms with Crippen molar-refractivity contribution in [1.82, 2.24) is 4.72 Å². The van der Waals surface area contributed by atoms with Crippen LogP contribution in [0.15, 0.2) is 41.3 Å². The number of halogens is 3. The Bertz CT molecular complexity index is 977. The molecule has 1 aliphatic carbocycles. The van der Waals surface area contributed by atoms with E-state index in [0.717, 1.165) is 31.7 Å². The monoisotopic (exact) mass is 430 g/mol. The highest BCUT2D eigenvalue weighted by Crippen LogP contribution is 2.26. The Morgan fingerprint density at radius 2 is 1.74 bits per heavy atom. The molecule has 1 aliphatic rings. The van der Waals surface area contributed by atoms with Crippen LogP contribution in [0.2, 0.25) is 10.0 Å². The molecule has 0 saturated heterocycles. The maximum Gasteiger partial charge on any atom is 0.255 e. The highest BCUT2D eigenvalue weighted by Gasteiger charge is 2.25. The van der Waals surface area contributed by atoms with Crippen molar-refractivity contribution in [2.45, 2.75) is 36.6 Å². The van der Waals surface area contributed by atoms with Crippen molar-refractivity contribution in [1.29, 1.82) is 0 Å². The van der Waals surface area contributed by atoms with E-state index in [1.165, 1.54) is 30.3 Å². The van der Waals surface area contributed by atoms with Crippen LogP contribution in [-0.4, -0.2) is 20.4 Å². The molecule has 2 N–H and O–H groups in total. The van der Waals surface area contributed by atoms with Gasteiger partial charge < -0.3 is 5.32 Å². The van der Waals surface area contributed by atoms with Crippen LogP contribution in [0.5, 0.6) is 0 Å². The lowest BCUT2D eigenvalue weighted by Crippen LogP contribution is -2.33. The summed E-state index contributed by atoms with van der Waals surface area (Å²) in [5.41, 5.74) is 0.390. The van der Waals surface area contributed by atoms with Crippen LogP contribution in [0.4, 0.5) is 10.1 Å². The van der Waals surface area contributed by atoms with Gasteiger partial charge in [0.1, 0.15) is 10.7 Å². The largest absolute Gasteiger partial charge is 0.322 e. The van der Waals surface area contributed by atoms with Gasteiger partial charge in [-0.05, 0) is 49.2 Å². The first-order chi connectivity index (χ1) is 12.8. The summed E-state index contributed by atoms with van der Waals surface area (Å²) in [5, 5.41) is 2.45. The predicted molar refractivity (Wildman–Crippen MR) is 103 cm³/mol. The van der Waals surface area contributed by atoms with Gasteiger partial charge in [-0.15, -0.1) is 0 Å². The fourth-order valence-corrected chi connectivity index (χ4v) is 4.97. The number of carbonyl (C=O) groups excluding carboxylic acids is 1. The van der Waals surface area contributed by atoms with Gasteiger partial charge in [-0.2, -0.15) is 0 Å². The fourth-order valence-electron chi connectivity index (χ4n) is 2.95. The van der Waals surface area contributed by atoms with E-state index in [1.54, 1.807) is 0 Å². The lowest BCUT2D eigenvalue weighted by molar-refractivity contribution is 0.102. The summed E-state index contributed by atoms with van der Waals surface area (Å²) in [5.74, 6) is -1.17. The minimum atomic E-state index is -3.85. The average molecular weight is 431 g/mol. The summed E-state index contributed by atoms with van der Waals surface area (Å²) in [4.78, 5) is 12.3. The zero-order valence-corrected chi connectivity index (χ0v) is 16.5. The Kier molecular flexibility index (Phi) is 6.05. The van der Waals surface area contributed by atoms with Gasteiger partial charge in [-0.1, -0.05) is 36.0 Å². The SMILES string of the molecule is O=C(Nc1ccc(F)c(Cl)c1)c1ccc(Cl)c(S(=O)(=O)NC2CCCC2)c1. The van der Waals surface area contributed by atoms with E-state index in [4.69, 9.17) is 23.2 Å². The molecule has 1 saturated carbocycles. The molecule has 1 amide bonds. The van der Waals surface area contributed by atoms with Gasteiger partial charge in [-0.25, -0.2) is 17.5 Å². The first-order valence-electron chi connectivity index (χ1n) is 8.34. The molecule has 2 aromatic carbocycles. The molecule has 0 unspecified atom stereocenters. The first kappa shape index (κ1) is 20.1. The van der Waals surface area contributed by atoms with Crippen molar-refractivity contribution < 1.29 is 17.6 Å². The van der Waals surface area contributed by atoms with Crippen LogP contribution in [0, 0.1) is 5.82 Å². The lowest BCUT2D eigenvalue weighted by Gasteiger charge is -2.14. The number of hydrogen-bond donors (Lipinski definition) is 2. The number of hydrogen-bond acceptors (Lipinski definition) is 3. The third-order valence-electron chi connectivity index (χ3n) is 4.34. The Morgan fingerprint density at radius 1 is 1.04 bits per heavy atom. The third-order valence-corrected chi connectivity index (χ3v) is 6.63. The Morgan fingerprint density at radius 3 is 2.41 bits per heavy atom. The Balaban J connectivity index is 1.83. The molecule has 0 atom stereocenters. The van der Waals surface area contributed by atoms with Crippen LogP contribution < -0.4 is 10.0 Å². The second-order valence-corrected chi connectivity index (χ2v) is 8.83. The van der Waals surface area contributed by atoms with E-state index in [9.17, 15) is 17.6 Å². The number of benzene rings is 2. The van der Waals surface area contributed by atoms with E-state index in [-0.39, 0.29) is 32.2 Å². The smallest absolute Gasteiger partial charge is 0.255 e. The summed E-state index contributed by atoms with van der Waals surface area (Å²) in [6.07, 6.45) is 3.51. The highest BCUT2D eigenvalue weighted by atomic mass is 35.5. The lowest BCUT2D eigenvalue weighted by atomic mass is 10.2. The number of nitrogens with one attached hydrogen (secondary N) is 2. The van der Waals surface area contributed by atoms with Crippen LogP contribution in [-0.2, 0) is 10.0 Å². The second-order valence-electron chi connectivity index (χ2n) is 6.33. The number of amides is 1. The van der Waals surface area contributed by atoms with Crippen molar-refractivity contribution in [2.75, 3.05) is 5.32 Å². The van der Waals surface area contributed by atoms with Crippen molar-refractivity contribution in [3.8, 4) is 0 Å². The fraction of sp³-hybridized carbons (Fsp3) is 0.278. The van der Waals surface area contributed by atoms with E-state index < -0.39 is 21.7 Å². The van der Waals surface area contributed by atoms with Crippen LogP contribution >= 0.6 is 23.2 Å². The van der Waals surface area contributed by atoms with Gasteiger partial charge >= 0.3 is 0 Å². The molecule has 9 heteroatoms. The molecular formula is C18H17Cl2FN2O3S. The summed E-state index contributed by atoms with van der Waals surface area (Å²) < 4.78 is 41.1. The van der Waals surface area contributed by atoms with Crippen LogP contribution in [0.1, 0.15) is 36.0 Å². The maximum absolute atomic E-state index is 13.2. The van der Waals surface area contributed by atoms with E-state index in [1.807, 2.05) is 0 Å². The van der Waals surface area contributed by atoms with Crippen molar-refractivity contribution >= 4 is 44.8 Å². The van der Waals surface area contributed by atoms with E-state index >= 15 is 0 Å². The van der Waals surface area contributed by atoms with Crippen molar-refractivity contribution in [3.63, 3.8) is 0 Å². The summed E-state index contributed by atoms with van der Waals surface area (Å²) >= 11 is 11.8. The third kappa shape index (κ3) is 4.79. The molecular weight excluding hydrogens is 414 g/mol. The van der Waals surface area contributed by atoms with Gasteiger partial charge in [0.15, 0.2) is 0 Å². The van der Waals surface area contributed by atoms with E-state index in [0.29, 0.717) is 0 Å². The molecule has 144 valence electrons. The Labute approximate surface area is 166 Å². The van der Waals surface area contributed by atoms with Crippen molar-refractivity contribution in [2.24, 2.45) is 0 Å². The highest BCUT2D eigenvalue weighted by molar-refractivity contribution is 7.89. The minimum Gasteiger partial charge on any atom is -0.322 e. The van der Waals surface area contributed by atoms with Crippen LogP contribution in [0.25, 0.3) is 0 Å². The zero-order chi connectivity index (χ0) is 19.6. The van der Waals surface area contributed by atoms with Gasteiger partial charge in [0.05, 0.1) is 10.0 Å². The van der Waals surface area contributed by atoms with Gasteiger partial charge in [0.25, 0.3) is 5.91 Å². The van der Waals surface area contributed by atoms with Gasteiger partial charge in [-0.3, -0.25) is 4.79 Å². The molecule has 3 rings (SSSR count). The Hall–Kier alpha value is -1.67. The molecule has 0 bridgehead atoms. The molecule has 1 fully saturated rings. The predicted octanol–water partition coefficient (Wildman–Crippen LogP) is 4.61. The summed E-state index contributed by atoms with van der Waals surface area (Å²) in [6.45, 7) is 0. The maximum atomic E-state index is 13.2. The van der Waals surface area contributed by atoms with E-state index in [2.05, 4.69) is 10.0 Å². The second kappa shape index (κ2) is 8.14. The molecule has 0 aromatic heterocycles. The molecule has 27 heavy (non-hydrogen) atoms. The zero-order valence-electron chi connectivity index (χ0n) is 14.1. The molecule has 0 spiro atoms. The number of rotatable bonds is 5. The average Bonchev–Trinajstić information content (AvgIpc) is 3.10. The summed E-state index contributed by atoms with van der Waals surface area (Å²) in [7, 11) is -3.85. The topological polar surface area (TPSA) is 75.3 Å². The van der Waals surface area contributed by atoms with Crippen molar-refractivity contribution in [3.05, 3.63) is 57.8 Å². The molecule has 0 heterocycles. The van der Waals surface area contributed by atoms with Gasteiger partial charge in [0, 0.05) is 17.3 Å². The quantitative estimate of drug-likeness (QED) is 0.727. The number of carbonyl (C=O) groups is 1. The first-order valence-corrected chi connectivity index (χ1v) is 10.6.